The van der Waals surface area contributed by atoms with Crippen LogP contribution >= 0.6 is 11.3 Å². The van der Waals surface area contributed by atoms with E-state index in [-0.39, 0.29) is 5.91 Å². The predicted molar refractivity (Wildman–Crippen MR) is 119 cm³/mol. The van der Waals surface area contributed by atoms with Gasteiger partial charge in [-0.25, -0.2) is 0 Å². The Balaban J connectivity index is 1.74. The van der Waals surface area contributed by atoms with Gasteiger partial charge in [0.15, 0.2) is 0 Å². The van der Waals surface area contributed by atoms with Gasteiger partial charge in [0.25, 0.3) is 5.91 Å². The topological polar surface area (TPSA) is 81.4 Å². The first-order valence-electron chi connectivity index (χ1n) is 10.1. The van der Waals surface area contributed by atoms with Crippen molar-refractivity contribution >= 4 is 34.2 Å². The van der Waals surface area contributed by atoms with Gasteiger partial charge in [0.1, 0.15) is 10.8 Å². The molecule has 1 aromatic heterocycles. The molecule has 0 fully saturated rings. The molecule has 5 nitrogen and oxygen atoms in total. The van der Waals surface area contributed by atoms with E-state index in [9.17, 15) is 9.59 Å². The van der Waals surface area contributed by atoms with Gasteiger partial charge in [-0.15, -0.1) is 11.3 Å². The summed E-state index contributed by atoms with van der Waals surface area (Å²) in [6.07, 6.45) is 8.03. The Hall–Kier alpha value is -2.60. The Kier molecular flexibility index (Phi) is 7.09. The molecule has 1 aromatic carbocycles. The molecule has 1 unspecified atom stereocenters. The number of ether oxygens (including phenoxy) is 1. The number of hydrogen-bond donors (Lipinski definition) is 2. The van der Waals surface area contributed by atoms with Crippen molar-refractivity contribution in [3.05, 3.63) is 51.9 Å². The third kappa shape index (κ3) is 5.26. The summed E-state index contributed by atoms with van der Waals surface area (Å²) in [4.78, 5) is 25.7. The molecule has 0 bridgehead atoms. The van der Waals surface area contributed by atoms with Gasteiger partial charge in [-0.05, 0) is 49.3 Å². The fourth-order valence-electron chi connectivity index (χ4n) is 3.49. The fourth-order valence-corrected chi connectivity index (χ4v) is 4.91. The minimum Gasteiger partial charge on any atom is -0.493 e. The molecule has 6 heteroatoms. The van der Waals surface area contributed by atoms with E-state index in [1.54, 1.807) is 6.08 Å². The number of unbranched alkanes of at least 4 members (excludes halogenated alkanes) is 1. The number of carbonyl (C=O) groups is 2. The first-order valence-corrected chi connectivity index (χ1v) is 11.0. The van der Waals surface area contributed by atoms with Gasteiger partial charge in [0, 0.05) is 16.5 Å². The lowest BCUT2D eigenvalue weighted by Gasteiger charge is -2.18. The molecule has 29 heavy (non-hydrogen) atoms. The van der Waals surface area contributed by atoms with Crippen LogP contribution in [0.2, 0.25) is 0 Å². The summed E-state index contributed by atoms with van der Waals surface area (Å²) in [5.41, 5.74) is 7.94. The first kappa shape index (κ1) is 21.1. The number of carbonyl (C=O) groups excluding carboxylic acids is 2. The minimum atomic E-state index is -0.481. The van der Waals surface area contributed by atoms with Crippen LogP contribution in [0.1, 0.15) is 59.5 Å². The predicted octanol–water partition coefficient (Wildman–Crippen LogP) is 4.80. The molecule has 154 valence electrons. The van der Waals surface area contributed by atoms with E-state index in [4.69, 9.17) is 10.5 Å². The zero-order valence-corrected chi connectivity index (χ0v) is 17.8. The molecule has 1 heterocycles. The Morgan fingerprint density at radius 3 is 2.90 bits per heavy atom. The zero-order valence-electron chi connectivity index (χ0n) is 17.0. The van der Waals surface area contributed by atoms with Crippen molar-refractivity contribution in [2.45, 2.75) is 46.0 Å². The highest BCUT2D eigenvalue weighted by Crippen LogP contribution is 2.39. The molecule has 1 atom stereocenters. The van der Waals surface area contributed by atoms with E-state index in [0.29, 0.717) is 23.1 Å². The molecule has 0 radical (unpaired) electrons. The molecule has 2 aromatic rings. The highest BCUT2D eigenvalue weighted by molar-refractivity contribution is 7.17. The Bertz CT molecular complexity index is 917. The largest absolute Gasteiger partial charge is 0.493 e. The highest BCUT2D eigenvalue weighted by atomic mass is 32.1. The molecule has 3 N–H and O–H groups in total. The van der Waals surface area contributed by atoms with Gasteiger partial charge in [-0.3, -0.25) is 9.59 Å². The lowest BCUT2D eigenvalue weighted by atomic mass is 9.88. The molecule has 0 saturated carbocycles. The lowest BCUT2D eigenvalue weighted by molar-refractivity contribution is -0.111. The number of para-hydroxylation sites is 1. The molecular weight excluding hydrogens is 384 g/mol. The third-order valence-corrected chi connectivity index (χ3v) is 6.25. The molecule has 1 aliphatic carbocycles. The second-order valence-corrected chi connectivity index (χ2v) is 8.59. The number of hydrogen-bond acceptors (Lipinski definition) is 4. The van der Waals surface area contributed by atoms with Gasteiger partial charge in [0.2, 0.25) is 5.91 Å². The fraction of sp³-hybridized carbons (Fsp3) is 0.391. The maximum absolute atomic E-state index is 12.5. The first-order chi connectivity index (χ1) is 14.0. The van der Waals surface area contributed by atoms with Crippen LogP contribution in [0.4, 0.5) is 5.00 Å². The van der Waals surface area contributed by atoms with Gasteiger partial charge >= 0.3 is 0 Å². The standard InChI is InChI=1S/C23H28N2O3S/c1-3-4-13-28-18-8-6-5-7-16(18)10-12-20(26)25-23-21(22(24)27)17-11-9-15(2)14-19(17)29-23/h5-8,10,12,15H,3-4,9,11,13-14H2,1-2H3,(H2,24,27)(H,25,26)/b12-10+. The molecular formula is C23H28N2O3S. The van der Waals surface area contributed by atoms with Crippen molar-refractivity contribution < 1.29 is 14.3 Å². The average Bonchev–Trinajstić information content (AvgIpc) is 3.04. The number of nitrogens with one attached hydrogen (secondary N) is 1. The quantitative estimate of drug-likeness (QED) is 0.482. The maximum Gasteiger partial charge on any atom is 0.251 e. The molecule has 3 rings (SSSR count). The number of amides is 2. The summed E-state index contributed by atoms with van der Waals surface area (Å²) in [5, 5.41) is 3.41. The van der Waals surface area contributed by atoms with E-state index in [1.165, 1.54) is 17.4 Å². The SMILES string of the molecule is CCCCOc1ccccc1/C=C/C(=O)Nc1sc2c(c1C(N)=O)CCC(C)C2. The number of primary amides is 1. The van der Waals surface area contributed by atoms with Gasteiger partial charge in [0.05, 0.1) is 12.2 Å². The summed E-state index contributed by atoms with van der Waals surface area (Å²) in [7, 11) is 0. The van der Waals surface area contributed by atoms with Crippen LogP contribution in [0.15, 0.2) is 30.3 Å². The molecule has 0 saturated heterocycles. The Labute approximate surface area is 176 Å². The summed E-state index contributed by atoms with van der Waals surface area (Å²) in [6, 6.07) is 7.62. The molecule has 0 spiro atoms. The van der Waals surface area contributed by atoms with Gasteiger partial charge in [-0.2, -0.15) is 0 Å². The van der Waals surface area contributed by atoms with E-state index in [2.05, 4.69) is 19.2 Å². The molecule has 0 aliphatic heterocycles. The monoisotopic (exact) mass is 412 g/mol. The Morgan fingerprint density at radius 1 is 1.34 bits per heavy atom. The Morgan fingerprint density at radius 2 is 2.14 bits per heavy atom. The number of anilines is 1. The second kappa shape index (κ2) is 9.74. The molecule has 1 aliphatic rings. The van der Waals surface area contributed by atoms with Crippen molar-refractivity contribution in [3.8, 4) is 5.75 Å². The third-order valence-electron chi connectivity index (χ3n) is 5.08. The van der Waals surface area contributed by atoms with Crippen molar-refractivity contribution in [3.63, 3.8) is 0 Å². The van der Waals surface area contributed by atoms with E-state index in [0.717, 1.165) is 53.9 Å². The van der Waals surface area contributed by atoms with Crippen LogP contribution in [0.25, 0.3) is 6.08 Å². The average molecular weight is 413 g/mol. The number of benzene rings is 1. The lowest BCUT2D eigenvalue weighted by Crippen LogP contribution is -2.18. The highest BCUT2D eigenvalue weighted by Gasteiger charge is 2.26. The molecule has 2 amide bonds. The van der Waals surface area contributed by atoms with Crippen molar-refractivity contribution in [1.29, 1.82) is 0 Å². The summed E-state index contributed by atoms with van der Waals surface area (Å²) < 4.78 is 5.80. The van der Waals surface area contributed by atoms with Crippen molar-refractivity contribution in [2.75, 3.05) is 11.9 Å². The van der Waals surface area contributed by atoms with Crippen LogP contribution in [0.3, 0.4) is 0 Å². The zero-order chi connectivity index (χ0) is 20.8. The summed E-state index contributed by atoms with van der Waals surface area (Å²) >= 11 is 1.47. The number of nitrogens with two attached hydrogens (primary N) is 1. The normalized spacial score (nSPS) is 15.9. The van der Waals surface area contributed by atoms with Crippen LogP contribution < -0.4 is 15.8 Å². The van der Waals surface area contributed by atoms with Gasteiger partial charge < -0.3 is 15.8 Å². The van der Waals surface area contributed by atoms with Crippen LogP contribution in [-0.4, -0.2) is 18.4 Å². The number of fused-ring (bicyclic) bond motifs is 1. The summed E-state index contributed by atoms with van der Waals surface area (Å²) in [5.74, 6) is 0.562. The van der Waals surface area contributed by atoms with E-state index >= 15 is 0 Å². The second-order valence-electron chi connectivity index (χ2n) is 7.48. The number of rotatable bonds is 8. The van der Waals surface area contributed by atoms with Crippen LogP contribution in [-0.2, 0) is 17.6 Å². The van der Waals surface area contributed by atoms with Crippen LogP contribution in [0.5, 0.6) is 5.75 Å². The maximum atomic E-state index is 12.5. The number of thiophene rings is 1. The van der Waals surface area contributed by atoms with Crippen molar-refractivity contribution in [1.82, 2.24) is 0 Å². The minimum absolute atomic E-state index is 0.289. The van der Waals surface area contributed by atoms with Crippen molar-refractivity contribution in [2.24, 2.45) is 11.7 Å². The van der Waals surface area contributed by atoms with E-state index < -0.39 is 5.91 Å². The summed E-state index contributed by atoms with van der Waals surface area (Å²) in [6.45, 7) is 4.96. The smallest absolute Gasteiger partial charge is 0.251 e. The van der Waals surface area contributed by atoms with Gasteiger partial charge in [-0.1, -0.05) is 38.5 Å². The van der Waals surface area contributed by atoms with E-state index in [1.807, 2.05) is 24.3 Å². The van der Waals surface area contributed by atoms with Crippen LogP contribution in [0, 0.1) is 5.92 Å².